The number of benzene rings is 1. The van der Waals surface area contributed by atoms with Gasteiger partial charge in [-0.15, -0.1) is 5.10 Å². The average Bonchev–Trinajstić information content (AvgIpc) is 3.33. The second kappa shape index (κ2) is 7.77. The summed E-state index contributed by atoms with van der Waals surface area (Å²) in [4.78, 5) is 40.9. The van der Waals surface area contributed by atoms with E-state index in [1.54, 1.807) is 11.6 Å². The number of carbonyl (C=O) groups is 3. The summed E-state index contributed by atoms with van der Waals surface area (Å²) in [6.45, 7) is 4.26. The van der Waals surface area contributed by atoms with E-state index in [9.17, 15) is 19.5 Å². The molecule has 0 radical (unpaired) electrons. The molecule has 2 saturated heterocycles. The molecule has 1 spiro atoms. The number of aliphatic hydroxyl groups excluding tert-OH is 1. The number of carbonyl (C=O) groups excluding carboxylic acids is 3. The third kappa shape index (κ3) is 3.36. The van der Waals surface area contributed by atoms with Crippen molar-refractivity contribution in [3.8, 4) is 0 Å². The van der Waals surface area contributed by atoms with Crippen molar-refractivity contribution in [1.29, 1.82) is 0 Å². The first kappa shape index (κ1) is 21.0. The Hall–Kier alpha value is -3.27. The molecule has 10 nitrogen and oxygen atoms in total. The Kier molecular flexibility index (Phi) is 5.26. The summed E-state index contributed by atoms with van der Waals surface area (Å²) in [7, 11) is 0. The van der Waals surface area contributed by atoms with Crippen LogP contribution in [-0.4, -0.2) is 78.4 Å². The van der Waals surface area contributed by atoms with E-state index >= 15 is 0 Å². The molecule has 2 fully saturated rings. The minimum atomic E-state index is -1.11. The van der Waals surface area contributed by atoms with Crippen molar-refractivity contribution in [2.45, 2.75) is 50.9 Å². The highest BCUT2D eigenvalue weighted by Gasteiger charge is 2.62. The predicted molar refractivity (Wildman–Crippen MR) is 110 cm³/mol. The molecule has 10 heteroatoms. The molecule has 3 unspecified atom stereocenters. The fourth-order valence-electron chi connectivity index (χ4n) is 4.63. The molecule has 1 aromatic carbocycles. The van der Waals surface area contributed by atoms with Crippen LogP contribution in [0.25, 0.3) is 0 Å². The van der Waals surface area contributed by atoms with E-state index in [0.717, 1.165) is 5.56 Å². The number of hydrogen-bond acceptors (Lipinski definition) is 6. The number of nitrogens with two attached hydrogens (primary N) is 1. The number of likely N-dealkylation sites (tertiary alicyclic amines) is 2. The molecule has 164 valence electrons. The van der Waals surface area contributed by atoms with Crippen LogP contribution in [0.15, 0.2) is 30.3 Å². The lowest BCUT2D eigenvalue weighted by atomic mass is 9.83. The smallest absolute Gasteiger partial charge is 0.277 e. The molecule has 0 saturated carbocycles. The van der Waals surface area contributed by atoms with E-state index < -0.39 is 23.6 Å². The molecule has 3 heterocycles. The maximum absolute atomic E-state index is 13.3. The Balaban J connectivity index is 1.54. The highest BCUT2D eigenvalue weighted by Crippen LogP contribution is 2.41. The van der Waals surface area contributed by atoms with Crippen molar-refractivity contribution in [1.82, 2.24) is 24.8 Å². The van der Waals surface area contributed by atoms with Crippen LogP contribution in [0.3, 0.4) is 0 Å². The topological polar surface area (TPSA) is 135 Å². The summed E-state index contributed by atoms with van der Waals surface area (Å²) in [5, 5.41) is 18.1. The van der Waals surface area contributed by atoms with Gasteiger partial charge in [0.05, 0.1) is 24.9 Å². The summed E-state index contributed by atoms with van der Waals surface area (Å²) < 4.78 is 1.66. The largest absolute Gasteiger partial charge is 0.391 e. The molecule has 3 atom stereocenters. The van der Waals surface area contributed by atoms with Crippen molar-refractivity contribution in [2.75, 3.05) is 13.1 Å². The molecule has 4 rings (SSSR count). The second-order valence-electron chi connectivity index (χ2n) is 8.28. The lowest BCUT2D eigenvalue weighted by molar-refractivity contribution is -0.169. The molecule has 2 aromatic rings. The lowest BCUT2D eigenvalue weighted by Crippen LogP contribution is -2.77. The van der Waals surface area contributed by atoms with E-state index in [4.69, 9.17) is 5.73 Å². The molecule has 1 aromatic heterocycles. The van der Waals surface area contributed by atoms with E-state index in [1.807, 2.05) is 30.3 Å². The number of aliphatic hydroxyl groups is 1. The standard InChI is InChI=1S/C21H26N6O4/c1-13-16(23-24-27(13)11-15-7-4-3-5-8-15)19(30)26-10-6-9-21(26)12-25(20(21)31)17(14(2)28)18(22)29/h3-5,7-8,14,17,28H,6,9-12H2,1-2H3,(H2,22,29). The third-order valence-electron chi connectivity index (χ3n) is 6.27. The Morgan fingerprint density at radius 2 is 2.00 bits per heavy atom. The SMILES string of the molecule is Cc1c(C(=O)N2CCCC23CN(C(C(N)=O)C(C)O)C3=O)nnn1Cc1ccccc1. The van der Waals surface area contributed by atoms with Gasteiger partial charge < -0.3 is 20.6 Å². The van der Waals surface area contributed by atoms with Crippen molar-refractivity contribution >= 4 is 17.7 Å². The zero-order valence-corrected chi connectivity index (χ0v) is 17.6. The van der Waals surface area contributed by atoms with Crippen LogP contribution in [0.4, 0.5) is 0 Å². The minimum Gasteiger partial charge on any atom is -0.391 e. The summed E-state index contributed by atoms with van der Waals surface area (Å²) in [6.07, 6.45) is 0.0686. The third-order valence-corrected chi connectivity index (χ3v) is 6.27. The van der Waals surface area contributed by atoms with Gasteiger partial charge in [0.15, 0.2) is 5.69 Å². The second-order valence-corrected chi connectivity index (χ2v) is 8.28. The van der Waals surface area contributed by atoms with Crippen molar-refractivity contribution in [3.63, 3.8) is 0 Å². The van der Waals surface area contributed by atoms with E-state index in [-0.39, 0.29) is 24.1 Å². The van der Waals surface area contributed by atoms with Crippen LogP contribution in [-0.2, 0) is 16.1 Å². The number of hydrogen-bond donors (Lipinski definition) is 2. The van der Waals surface area contributed by atoms with E-state index in [1.165, 1.54) is 16.7 Å². The van der Waals surface area contributed by atoms with Gasteiger partial charge in [0.2, 0.25) is 5.91 Å². The normalized spacial score (nSPS) is 22.5. The zero-order chi connectivity index (χ0) is 22.3. The first-order valence-corrected chi connectivity index (χ1v) is 10.3. The fraction of sp³-hybridized carbons (Fsp3) is 0.476. The highest BCUT2D eigenvalue weighted by atomic mass is 16.3. The predicted octanol–water partition coefficient (Wildman–Crippen LogP) is -0.313. The minimum absolute atomic E-state index is 0.160. The number of aromatic nitrogens is 3. The Morgan fingerprint density at radius 1 is 1.29 bits per heavy atom. The van der Waals surface area contributed by atoms with Crippen molar-refractivity contribution in [3.05, 3.63) is 47.3 Å². The average molecular weight is 426 g/mol. The highest BCUT2D eigenvalue weighted by molar-refractivity contribution is 6.03. The van der Waals surface area contributed by atoms with Gasteiger partial charge in [-0.3, -0.25) is 14.4 Å². The van der Waals surface area contributed by atoms with Crippen LogP contribution in [0.2, 0.25) is 0 Å². The van der Waals surface area contributed by atoms with Crippen LogP contribution in [0.5, 0.6) is 0 Å². The maximum Gasteiger partial charge on any atom is 0.277 e. The van der Waals surface area contributed by atoms with Gasteiger partial charge in [-0.1, -0.05) is 35.5 Å². The van der Waals surface area contributed by atoms with Gasteiger partial charge in [0, 0.05) is 6.54 Å². The van der Waals surface area contributed by atoms with E-state index in [2.05, 4.69) is 10.3 Å². The summed E-state index contributed by atoms with van der Waals surface area (Å²) >= 11 is 0. The summed E-state index contributed by atoms with van der Waals surface area (Å²) in [5.41, 5.74) is 6.23. The van der Waals surface area contributed by atoms with Gasteiger partial charge in [0.25, 0.3) is 11.8 Å². The molecule has 3 N–H and O–H groups in total. The van der Waals surface area contributed by atoms with Gasteiger partial charge in [-0.05, 0) is 32.3 Å². The van der Waals surface area contributed by atoms with Crippen molar-refractivity contribution < 1.29 is 19.5 Å². The molecule has 0 bridgehead atoms. The van der Waals surface area contributed by atoms with E-state index in [0.29, 0.717) is 31.6 Å². The molecular formula is C21H26N6O4. The quantitative estimate of drug-likeness (QED) is 0.608. The Bertz CT molecular complexity index is 1020. The lowest BCUT2D eigenvalue weighted by Gasteiger charge is -2.53. The number of rotatable bonds is 6. The van der Waals surface area contributed by atoms with Gasteiger partial charge in [0.1, 0.15) is 11.6 Å². The molecule has 2 aliphatic heterocycles. The maximum atomic E-state index is 13.3. The monoisotopic (exact) mass is 426 g/mol. The number of primary amides is 1. The molecule has 0 aliphatic carbocycles. The Morgan fingerprint density at radius 3 is 2.61 bits per heavy atom. The molecule has 3 amide bonds. The summed E-state index contributed by atoms with van der Waals surface area (Å²) in [6, 6.07) is 8.63. The van der Waals surface area contributed by atoms with Gasteiger partial charge in [-0.25, -0.2) is 4.68 Å². The zero-order valence-electron chi connectivity index (χ0n) is 17.6. The van der Waals surface area contributed by atoms with Crippen LogP contribution >= 0.6 is 0 Å². The first-order chi connectivity index (χ1) is 14.8. The number of amides is 3. The van der Waals surface area contributed by atoms with Gasteiger partial charge >= 0.3 is 0 Å². The van der Waals surface area contributed by atoms with Crippen LogP contribution < -0.4 is 5.73 Å². The van der Waals surface area contributed by atoms with Crippen LogP contribution in [0, 0.1) is 6.92 Å². The van der Waals surface area contributed by atoms with Gasteiger partial charge in [-0.2, -0.15) is 0 Å². The molecule has 2 aliphatic rings. The fourth-order valence-corrected chi connectivity index (χ4v) is 4.63. The summed E-state index contributed by atoms with van der Waals surface area (Å²) in [5.74, 6) is -1.49. The molecule has 31 heavy (non-hydrogen) atoms. The number of nitrogens with zero attached hydrogens (tertiary/aromatic N) is 5. The first-order valence-electron chi connectivity index (χ1n) is 10.3. The molecular weight excluding hydrogens is 400 g/mol. The van der Waals surface area contributed by atoms with Crippen molar-refractivity contribution in [2.24, 2.45) is 5.73 Å². The van der Waals surface area contributed by atoms with Crippen LogP contribution in [0.1, 0.15) is 41.5 Å². The number of β-lactam (4-membered cyclic amide) rings is 1. The Labute approximate surface area is 179 Å².